The first-order valence-corrected chi connectivity index (χ1v) is 7.87. The van der Waals surface area contributed by atoms with Crippen molar-refractivity contribution in [1.82, 2.24) is 24.6 Å². The molecule has 7 nitrogen and oxygen atoms in total. The minimum absolute atomic E-state index is 0.0202. The van der Waals surface area contributed by atoms with Gasteiger partial charge in [0, 0.05) is 25.9 Å². The fourth-order valence-electron chi connectivity index (χ4n) is 2.60. The molecule has 0 N–H and O–H groups in total. The van der Waals surface area contributed by atoms with Gasteiger partial charge in [0.2, 0.25) is 5.89 Å². The lowest BCUT2D eigenvalue weighted by Gasteiger charge is -2.30. The molecule has 8 heteroatoms. The summed E-state index contributed by atoms with van der Waals surface area (Å²) in [7, 11) is 0. The molecule has 21 heavy (non-hydrogen) atoms. The molecule has 3 rings (SSSR count). The monoisotopic (exact) mass is 307 g/mol. The topological polar surface area (TPSA) is 85.0 Å². The Morgan fingerprint density at radius 2 is 2.38 bits per heavy atom. The Balaban J connectivity index is 1.75. The molecule has 112 valence electrons. The average molecular weight is 307 g/mol. The van der Waals surface area contributed by atoms with Crippen molar-refractivity contribution in [3.63, 3.8) is 0 Å². The molecular formula is C13H17N5O2S. The smallest absolute Gasteiger partial charge is 0.267 e. The molecule has 0 spiro atoms. The van der Waals surface area contributed by atoms with E-state index in [4.69, 9.17) is 4.52 Å². The Morgan fingerprint density at radius 1 is 1.52 bits per heavy atom. The number of rotatable bonds is 3. The van der Waals surface area contributed by atoms with Crippen LogP contribution in [0.1, 0.15) is 52.8 Å². The van der Waals surface area contributed by atoms with Gasteiger partial charge in [-0.25, -0.2) is 0 Å². The zero-order valence-electron chi connectivity index (χ0n) is 12.1. The summed E-state index contributed by atoms with van der Waals surface area (Å²) in [6.07, 6.45) is 2.64. The van der Waals surface area contributed by atoms with Crippen molar-refractivity contribution < 1.29 is 9.32 Å². The van der Waals surface area contributed by atoms with Crippen LogP contribution in [0.5, 0.6) is 0 Å². The lowest BCUT2D eigenvalue weighted by atomic mass is 9.97. The number of amides is 1. The number of likely N-dealkylation sites (tertiary alicyclic amines) is 1. The Kier molecular flexibility index (Phi) is 3.96. The Morgan fingerprint density at radius 3 is 3.10 bits per heavy atom. The standard InChI is InChI=1S/C13H17N5O2S/c1-3-10-11(21-17-15-10)13(19)18-6-4-5-9(7-18)12-14-8(2)20-16-12/h9H,3-7H2,1-2H3/t9-/m0/s1. The van der Waals surface area contributed by atoms with Gasteiger partial charge in [0.15, 0.2) is 5.82 Å². The van der Waals surface area contributed by atoms with E-state index in [0.29, 0.717) is 23.1 Å². The largest absolute Gasteiger partial charge is 0.340 e. The summed E-state index contributed by atoms with van der Waals surface area (Å²) in [6, 6.07) is 0. The van der Waals surface area contributed by atoms with E-state index in [2.05, 4.69) is 19.7 Å². The lowest BCUT2D eigenvalue weighted by Crippen LogP contribution is -2.39. The van der Waals surface area contributed by atoms with E-state index in [0.717, 1.165) is 31.5 Å². The fraction of sp³-hybridized carbons (Fsp3) is 0.615. The third-order valence-corrected chi connectivity index (χ3v) is 4.46. The van der Waals surface area contributed by atoms with Crippen LogP contribution in [0.15, 0.2) is 4.52 Å². The van der Waals surface area contributed by atoms with Gasteiger partial charge < -0.3 is 9.42 Å². The van der Waals surface area contributed by atoms with E-state index in [1.165, 1.54) is 11.5 Å². The molecule has 1 atom stereocenters. The summed E-state index contributed by atoms with van der Waals surface area (Å²) >= 11 is 1.17. The third kappa shape index (κ3) is 2.80. The molecule has 0 unspecified atom stereocenters. The zero-order valence-corrected chi connectivity index (χ0v) is 12.9. The average Bonchev–Trinajstić information content (AvgIpc) is 3.15. The van der Waals surface area contributed by atoms with Gasteiger partial charge in [-0.3, -0.25) is 4.79 Å². The molecule has 0 radical (unpaired) electrons. The Bertz CT molecular complexity index is 638. The molecule has 0 saturated carbocycles. The van der Waals surface area contributed by atoms with Crippen molar-refractivity contribution in [3.8, 4) is 0 Å². The van der Waals surface area contributed by atoms with Crippen LogP contribution >= 0.6 is 11.5 Å². The summed E-state index contributed by atoms with van der Waals surface area (Å²) in [5, 5.41) is 8.00. The molecule has 0 aliphatic carbocycles. The number of carbonyl (C=O) groups is 1. The van der Waals surface area contributed by atoms with Gasteiger partial charge in [0.25, 0.3) is 5.91 Å². The van der Waals surface area contributed by atoms with E-state index in [-0.39, 0.29) is 11.8 Å². The van der Waals surface area contributed by atoms with E-state index >= 15 is 0 Å². The number of piperidine rings is 1. The molecule has 3 heterocycles. The van der Waals surface area contributed by atoms with E-state index in [9.17, 15) is 4.79 Å². The molecule has 1 fully saturated rings. The number of aromatic nitrogens is 4. The summed E-state index contributed by atoms with van der Waals surface area (Å²) in [6.45, 7) is 5.14. The van der Waals surface area contributed by atoms with Gasteiger partial charge in [-0.05, 0) is 30.8 Å². The van der Waals surface area contributed by atoms with E-state index in [1.54, 1.807) is 6.92 Å². The van der Waals surface area contributed by atoms with Crippen molar-refractivity contribution in [1.29, 1.82) is 0 Å². The number of carbonyl (C=O) groups excluding carboxylic acids is 1. The summed E-state index contributed by atoms with van der Waals surface area (Å²) in [5.41, 5.74) is 0.780. The quantitative estimate of drug-likeness (QED) is 0.859. The number of nitrogens with zero attached hydrogens (tertiary/aromatic N) is 5. The first-order valence-electron chi connectivity index (χ1n) is 7.09. The lowest BCUT2D eigenvalue weighted by molar-refractivity contribution is 0.0707. The Labute approximate surface area is 126 Å². The third-order valence-electron chi connectivity index (χ3n) is 3.70. The molecule has 1 saturated heterocycles. The van der Waals surface area contributed by atoms with Crippen molar-refractivity contribution in [2.75, 3.05) is 13.1 Å². The maximum absolute atomic E-state index is 12.6. The van der Waals surface area contributed by atoms with Gasteiger partial charge in [0.05, 0.1) is 5.69 Å². The minimum atomic E-state index is 0.0202. The fourth-order valence-corrected chi connectivity index (χ4v) is 3.32. The number of hydrogen-bond acceptors (Lipinski definition) is 7. The highest BCUT2D eigenvalue weighted by Gasteiger charge is 2.30. The molecule has 2 aromatic rings. The van der Waals surface area contributed by atoms with Crippen LogP contribution < -0.4 is 0 Å². The predicted octanol–water partition coefficient (Wildman–Crippen LogP) is 1.81. The molecule has 1 aliphatic heterocycles. The normalized spacial score (nSPS) is 19.0. The number of aryl methyl sites for hydroxylation is 2. The predicted molar refractivity (Wildman–Crippen MR) is 76.2 cm³/mol. The van der Waals surface area contributed by atoms with Crippen LogP contribution in [0.3, 0.4) is 0 Å². The second kappa shape index (κ2) is 5.88. The minimum Gasteiger partial charge on any atom is -0.340 e. The SMILES string of the molecule is CCc1nnsc1C(=O)N1CCC[C@H](c2noc(C)n2)C1. The van der Waals surface area contributed by atoms with E-state index < -0.39 is 0 Å². The number of hydrogen-bond donors (Lipinski definition) is 0. The van der Waals surface area contributed by atoms with Crippen molar-refractivity contribution >= 4 is 17.4 Å². The second-order valence-corrected chi connectivity index (χ2v) is 5.92. The van der Waals surface area contributed by atoms with Crippen molar-refractivity contribution in [3.05, 3.63) is 22.3 Å². The van der Waals surface area contributed by atoms with Crippen LogP contribution in [-0.4, -0.2) is 43.6 Å². The zero-order chi connectivity index (χ0) is 14.8. The molecule has 2 aromatic heterocycles. The molecule has 1 amide bonds. The van der Waals surface area contributed by atoms with Crippen LogP contribution in [0.25, 0.3) is 0 Å². The van der Waals surface area contributed by atoms with E-state index in [1.807, 2.05) is 11.8 Å². The van der Waals surface area contributed by atoms with Crippen molar-refractivity contribution in [2.45, 2.75) is 39.0 Å². The summed E-state index contributed by atoms with van der Waals surface area (Å²) < 4.78 is 8.93. The molecule has 1 aliphatic rings. The maximum Gasteiger partial charge on any atom is 0.267 e. The van der Waals surface area contributed by atoms with Gasteiger partial charge in [0.1, 0.15) is 4.88 Å². The van der Waals surface area contributed by atoms with Crippen LogP contribution in [-0.2, 0) is 6.42 Å². The summed E-state index contributed by atoms with van der Waals surface area (Å²) in [4.78, 5) is 19.4. The molecular weight excluding hydrogens is 290 g/mol. The molecule has 0 bridgehead atoms. The van der Waals surface area contributed by atoms with Gasteiger partial charge in [-0.2, -0.15) is 4.98 Å². The maximum atomic E-state index is 12.6. The molecule has 0 aromatic carbocycles. The highest BCUT2D eigenvalue weighted by molar-refractivity contribution is 7.08. The van der Waals surface area contributed by atoms with Gasteiger partial charge in [-0.15, -0.1) is 5.10 Å². The van der Waals surface area contributed by atoms with Crippen molar-refractivity contribution in [2.24, 2.45) is 0 Å². The van der Waals surface area contributed by atoms with Crippen LogP contribution in [0.2, 0.25) is 0 Å². The first kappa shape index (κ1) is 14.1. The van der Waals surface area contributed by atoms with Gasteiger partial charge >= 0.3 is 0 Å². The first-order chi connectivity index (χ1) is 10.2. The summed E-state index contributed by atoms with van der Waals surface area (Å²) in [5.74, 6) is 1.43. The Hall–Kier alpha value is -1.83. The van der Waals surface area contributed by atoms with Gasteiger partial charge in [-0.1, -0.05) is 16.6 Å². The second-order valence-electron chi connectivity index (χ2n) is 5.16. The highest BCUT2D eigenvalue weighted by atomic mass is 32.1. The van der Waals surface area contributed by atoms with Crippen LogP contribution in [0, 0.1) is 6.92 Å². The highest BCUT2D eigenvalue weighted by Crippen LogP contribution is 2.26. The van der Waals surface area contributed by atoms with Crippen LogP contribution in [0.4, 0.5) is 0 Å².